The van der Waals surface area contributed by atoms with Gasteiger partial charge in [-0.25, -0.2) is 26.3 Å². The van der Waals surface area contributed by atoms with Gasteiger partial charge in [-0.2, -0.15) is 0 Å². The van der Waals surface area contributed by atoms with Crippen molar-refractivity contribution in [3.05, 3.63) is 45.7 Å². The Kier molecular flexibility index (Phi) is 42.1. The van der Waals surface area contributed by atoms with Crippen LogP contribution in [0.25, 0.3) is 19.4 Å². The Bertz CT molecular complexity index is 2230. The number of aliphatic hydroxyl groups excluding tert-OH is 1. The van der Waals surface area contributed by atoms with Crippen molar-refractivity contribution in [3.8, 4) is 0 Å². The zero-order valence-corrected chi connectivity index (χ0v) is 62.3. The monoisotopic (exact) mass is 1290 g/mol. The van der Waals surface area contributed by atoms with Gasteiger partial charge in [0.15, 0.2) is 33.3 Å². The predicted molar refractivity (Wildman–Crippen MR) is 350 cm³/mol. The number of aliphatic hydroxyl groups is 1. The minimum absolute atomic E-state index is 0.00315. The number of esters is 4. The Morgan fingerprint density at radius 2 is 0.651 bits per heavy atom. The van der Waals surface area contributed by atoms with E-state index < -0.39 is 80.6 Å². The van der Waals surface area contributed by atoms with Gasteiger partial charge in [-0.3, -0.25) is 28.8 Å². The number of aliphatic carboxylic acids is 1. The Balaban J connectivity index is -0.000000322. The molecule has 0 radical (unpaired) electrons. The van der Waals surface area contributed by atoms with E-state index in [2.05, 4.69) is 160 Å². The van der Waals surface area contributed by atoms with Gasteiger partial charge in [-0.15, -0.1) is 0 Å². The summed E-state index contributed by atoms with van der Waals surface area (Å²) >= 11 is 0. The van der Waals surface area contributed by atoms with Gasteiger partial charge in [-0.05, 0) is 128 Å². The lowest BCUT2D eigenvalue weighted by Crippen LogP contribution is -2.45. The van der Waals surface area contributed by atoms with Gasteiger partial charge in [0.05, 0.1) is 57.8 Å². The number of hydrogen-bond donors (Lipinski definition) is 3. The average molecular weight is 1290 g/mol. The van der Waals surface area contributed by atoms with Crippen LogP contribution in [0, 0.1) is 26.3 Å². The molecule has 0 spiro atoms. The third-order valence-corrected chi connectivity index (χ3v) is 32.3. The molecule has 0 unspecified atom stereocenters. The van der Waals surface area contributed by atoms with Gasteiger partial charge < -0.3 is 72.0 Å². The zero-order chi connectivity index (χ0) is 69.3. The van der Waals surface area contributed by atoms with Crippen molar-refractivity contribution in [2.45, 2.75) is 291 Å². The summed E-state index contributed by atoms with van der Waals surface area (Å²) in [6, 6.07) is 0. The highest BCUT2D eigenvalue weighted by molar-refractivity contribution is 6.75. The van der Waals surface area contributed by atoms with Crippen molar-refractivity contribution in [2.75, 3.05) is 39.4 Å². The van der Waals surface area contributed by atoms with Crippen LogP contribution in [0.15, 0.2) is 0 Å². The summed E-state index contributed by atoms with van der Waals surface area (Å²) in [5.41, 5.74) is 4.22. The normalized spacial score (nSPS) is 14.0. The molecule has 0 bridgehead atoms. The highest BCUT2D eigenvalue weighted by Gasteiger charge is 2.44. The third-order valence-electron chi connectivity index (χ3n) is 14.1. The van der Waals surface area contributed by atoms with Crippen LogP contribution < -0.4 is 5.73 Å². The fourth-order valence-electron chi connectivity index (χ4n) is 5.81. The number of carboxylic acids is 1. The molecule has 0 aliphatic carbocycles. The Labute approximate surface area is 524 Å². The largest absolute Gasteiger partial charge is 0.481 e. The molecule has 1 amide bonds. The fraction of sp³-hybridized carbons (Fsp3) is 0.836. The van der Waals surface area contributed by atoms with Crippen LogP contribution in [-0.4, -0.2) is 160 Å². The van der Waals surface area contributed by atoms with E-state index in [1.807, 2.05) is 41.5 Å². The van der Waals surface area contributed by atoms with Crippen LogP contribution in [0.1, 0.15) is 177 Å². The summed E-state index contributed by atoms with van der Waals surface area (Å²) in [7, 11) is -7.98. The van der Waals surface area contributed by atoms with Crippen LogP contribution in [0.4, 0.5) is 0 Å². The van der Waals surface area contributed by atoms with Crippen LogP contribution >= 0.6 is 0 Å². The molecule has 0 heterocycles. The maximum Gasteiger partial charge on any atom is 0.309 e. The maximum absolute atomic E-state index is 11.9. The number of amides is 1. The topological polar surface area (TPSA) is 260 Å². The van der Waals surface area contributed by atoms with Gasteiger partial charge in [0, 0.05) is 0 Å². The first-order chi connectivity index (χ1) is 38.4. The molecule has 0 aromatic rings. The number of ether oxygens (including phenoxy) is 4. The molecule has 5 atom stereocenters. The van der Waals surface area contributed by atoms with Gasteiger partial charge >= 0.3 is 29.8 Å². The van der Waals surface area contributed by atoms with Crippen LogP contribution in [-0.2, 0) is 65.4 Å². The van der Waals surface area contributed by atoms with Gasteiger partial charge in [0.1, 0.15) is 35.6 Å². The van der Waals surface area contributed by atoms with E-state index in [1.54, 1.807) is 13.8 Å². The molecule has 0 fully saturated rings. The first-order valence-electron chi connectivity index (χ1n) is 29.3. The molecule has 0 saturated heterocycles. The first kappa shape index (κ1) is 90.2. The fourth-order valence-corrected chi connectivity index (χ4v) is 11.2. The van der Waals surface area contributed by atoms with E-state index in [9.17, 15) is 28.8 Å². The lowest BCUT2D eigenvalue weighted by molar-refractivity contribution is -0.158. The van der Waals surface area contributed by atoms with E-state index in [1.165, 1.54) is 0 Å². The van der Waals surface area contributed by atoms with Crippen molar-refractivity contribution >= 4 is 69.0 Å². The smallest absolute Gasteiger partial charge is 0.309 e. The zero-order valence-electron chi connectivity index (χ0n) is 58.3. The van der Waals surface area contributed by atoms with Crippen LogP contribution in [0.3, 0.4) is 0 Å². The number of carboxylic acid groups (broad SMARTS) is 1. The second-order valence-electron chi connectivity index (χ2n) is 28.9. The molecule has 4 N–H and O–H groups in total. The summed E-state index contributed by atoms with van der Waals surface area (Å²) in [4.78, 5) is 80.8. The SMILES string of the molecule is CC(C)(C)OC(=O)C[C@@H](CC(N)=O)O[Si](C)(C)C(C)(C)C.[C-]#[N+]C[C@@H](O)CC(=O)OCC.[C-]#[N+]C[C@H](CC(=O)O)O[Si](C)(C)C(C)(C)C.[C-]#[N+]C[C@H](CC(=O)OC(C)(C)C)O[Si](C)(C)C(C)(C)C.[C-]#[N+]C[C@H](CC(=O)OCC)O[Si](C)(C)C(C)(C)C. The third kappa shape index (κ3) is 45.7. The maximum atomic E-state index is 11.9. The van der Waals surface area contributed by atoms with E-state index >= 15 is 0 Å². The standard InChI is InChI=1S/C15H31NO4Si.C15H29NO3Si.C13H25NO3Si.C11H21NO3Si.C7H11NO3/c1-14(2,3)19-13(18)10-11(9-12(16)17)20-21(7,8)15(4,5)6;1-14(2,3)18-13(17)10-12(11-16-7)19-20(8,9)15(4,5)6;1-8-16-12(15)9-11(10-14-5)17-18(6,7)13(2,3)4;1-11(2,3)16(5,6)15-9(8-12-4)7-10(13)14;1-3-11-7(10)4-6(9)5-8-2/h11H,9-10H2,1-8H3,(H2,16,17);12H,10-11H2,1-6,8-9H3;11H,8-10H2,1-4,6-7H3;9H,7-8H2,1-3,5-6H3,(H,13,14);6,9H,3-5H2,1H3/t11-;12-;11-;9-;6-/m10000/s1. The lowest BCUT2D eigenvalue weighted by Gasteiger charge is -2.39. The number of carbonyl (C=O) groups is 6. The number of rotatable bonds is 26. The van der Waals surface area contributed by atoms with E-state index in [4.69, 9.17) is 74.1 Å². The minimum Gasteiger partial charge on any atom is -0.481 e. The molecule has 0 aliphatic heterocycles. The second kappa shape index (κ2) is 40.2. The Morgan fingerprint density at radius 1 is 0.407 bits per heavy atom. The molecule has 0 saturated carbocycles. The molecular weight excluding hydrogens is 1170 g/mol. The predicted octanol–water partition coefficient (Wildman–Crippen LogP) is 13.3. The van der Waals surface area contributed by atoms with Crippen molar-refractivity contribution in [2.24, 2.45) is 5.73 Å². The highest BCUT2D eigenvalue weighted by atomic mass is 28.4. The summed E-state index contributed by atoms with van der Waals surface area (Å²) in [6.45, 7) is 84.9. The number of nitrogens with two attached hydrogens (primary N) is 1. The van der Waals surface area contributed by atoms with Crippen molar-refractivity contribution in [3.63, 3.8) is 0 Å². The second-order valence-corrected chi connectivity index (χ2v) is 47.9. The van der Waals surface area contributed by atoms with Crippen molar-refractivity contribution in [1.82, 2.24) is 0 Å². The van der Waals surface area contributed by atoms with Gasteiger partial charge in [0.25, 0.3) is 0 Å². The summed E-state index contributed by atoms with van der Waals surface area (Å²) in [5.74, 6) is -2.79. The number of hydrogen-bond acceptors (Lipinski definition) is 15. The Morgan fingerprint density at radius 3 is 0.884 bits per heavy atom. The van der Waals surface area contributed by atoms with E-state index in [-0.39, 0.29) is 115 Å². The quantitative estimate of drug-likeness (QED) is 0.0315. The van der Waals surface area contributed by atoms with Gasteiger partial charge in [0.2, 0.25) is 32.1 Å². The molecule has 0 aromatic carbocycles. The van der Waals surface area contributed by atoms with Crippen LogP contribution in [0.2, 0.25) is 72.5 Å². The summed E-state index contributed by atoms with van der Waals surface area (Å²) in [6.07, 6.45) is -2.37. The molecule has 86 heavy (non-hydrogen) atoms. The molecular formula is C61H117N5O16Si4. The molecule has 25 heteroatoms. The van der Waals surface area contributed by atoms with Gasteiger partial charge in [-0.1, -0.05) is 83.1 Å². The van der Waals surface area contributed by atoms with Crippen molar-refractivity contribution < 1.29 is 75.6 Å². The number of primary amides is 1. The minimum atomic E-state index is -2.08. The van der Waals surface area contributed by atoms with E-state index in [0.717, 1.165) is 0 Å². The molecule has 0 aliphatic rings. The summed E-state index contributed by atoms with van der Waals surface area (Å²) in [5, 5.41) is 17.8. The molecule has 498 valence electrons. The number of nitrogens with zero attached hydrogens (tertiary/aromatic N) is 4. The van der Waals surface area contributed by atoms with E-state index in [0.29, 0.717) is 13.2 Å². The summed E-state index contributed by atoms with van der Waals surface area (Å²) < 4.78 is 44.3. The number of carbonyl (C=O) groups excluding carboxylic acids is 5. The highest BCUT2D eigenvalue weighted by Crippen LogP contribution is 2.41. The Hall–Kier alpha value is -4.55. The van der Waals surface area contributed by atoms with Crippen LogP contribution in [0.5, 0.6) is 0 Å². The lowest BCUT2D eigenvalue weighted by atomic mass is 10.1. The molecule has 0 aromatic heterocycles. The average Bonchev–Trinajstić information content (AvgIpc) is 2.90. The molecule has 0 rings (SSSR count). The first-order valence-corrected chi connectivity index (χ1v) is 41.0. The van der Waals surface area contributed by atoms with Crippen molar-refractivity contribution in [1.29, 1.82) is 0 Å². The molecule has 21 nitrogen and oxygen atoms in total.